The third-order valence-electron chi connectivity index (χ3n) is 2.73. The van der Waals surface area contributed by atoms with Crippen molar-refractivity contribution in [3.8, 4) is 0 Å². The maximum atomic E-state index is 12.9. The van der Waals surface area contributed by atoms with Gasteiger partial charge in [0.05, 0.1) is 11.3 Å². The van der Waals surface area contributed by atoms with Crippen molar-refractivity contribution in [2.24, 2.45) is 0 Å². The molecular formula is C12H11F3N2O2. The number of carboxylic acids is 1. The largest absolute Gasteiger partial charge is 0.477 e. The molecule has 0 aliphatic heterocycles. The van der Waals surface area contributed by atoms with Gasteiger partial charge in [0.25, 0.3) is 0 Å². The van der Waals surface area contributed by atoms with Gasteiger partial charge in [-0.15, -0.1) is 0 Å². The van der Waals surface area contributed by atoms with E-state index in [0.717, 1.165) is 16.5 Å². The normalized spacial score (nSPS) is 12.3. The van der Waals surface area contributed by atoms with Gasteiger partial charge in [0, 0.05) is 6.20 Å². The van der Waals surface area contributed by atoms with E-state index in [1.54, 1.807) is 13.8 Å². The SMILES string of the molecule is CC(C)c1nc2c(C(F)(F)F)cccn2c1C(=O)O. The van der Waals surface area contributed by atoms with Crippen molar-refractivity contribution in [1.29, 1.82) is 0 Å². The lowest BCUT2D eigenvalue weighted by molar-refractivity contribution is -0.136. The highest BCUT2D eigenvalue weighted by Crippen LogP contribution is 2.33. The maximum Gasteiger partial charge on any atom is 0.419 e. The van der Waals surface area contributed by atoms with Gasteiger partial charge in [-0.3, -0.25) is 4.40 Å². The van der Waals surface area contributed by atoms with Crippen LogP contribution in [0.2, 0.25) is 0 Å². The molecule has 2 aromatic heterocycles. The Labute approximate surface area is 106 Å². The summed E-state index contributed by atoms with van der Waals surface area (Å²) in [5.74, 6) is -1.58. The number of pyridine rings is 1. The summed E-state index contributed by atoms with van der Waals surface area (Å²) in [6.45, 7) is 3.36. The molecule has 0 saturated carbocycles. The van der Waals surface area contributed by atoms with Crippen molar-refractivity contribution >= 4 is 11.6 Å². The molecule has 0 bridgehead atoms. The Morgan fingerprint density at radius 3 is 2.53 bits per heavy atom. The zero-order valence-corrected chi connectivity index (χ0v) is 10.2. The number of hydrogen-bond donors (Lipinski definition) is 1. The maximum absolute atomic E-state index is 12.9. The number of aromatic carboxylic acids is 1. The molecule has 0 aromatic carbocycles. The third-order valence-corrected chi connectivity index (χ3v) is 2.73. The number of alkyl halides is 3. The van der Waals surface area contributed by atoms with Crippen LogP contribution >= 0.6 is 0 Å². The van der Waals surface area contributed by atoms with Crippen LogP contribution in [-0.2, 0) is 6.18 Å². The number of hydrogen-bond acceptors (Lipinski definition) is 2. The van der Waals surface area contributed by atoms with Gasteiger partial charge in [-0.2, -0.15) is 13.2 Å². The van der Waals surface area contributed by atoms with Gasteiger partial charge in [-0.1, -0.05) is 13.8 Å². The second-order valence-electron chi connectivity index (χ2n) is 4.42. The fraction of sp³-hybridized carbons (Fsp3) is 0.333. The summed E-state index contributed by atoms with van der Waals surface area (Å²) in [5, 5.41) is 9.15. The summed E-state index contributed by atoms with van der Waals surface area (Å²) in [5.41, 5.74) is -1.40. The van der Waals surface area contributed by atoms with Crippen LogP contribution in [0.15, 0.2) is 18.3 Å². The first kappa shape index (κ1) is 13.4. The fourth-order valence-electron chi connectivity index (χ4n) is 1.92. The van der Waals surface area contributed by atoms with E-state index in [-0.39, 0.29) is 23.0 Å². The second kappa shape index (κ2) is 4.25. The van der Waals surface area contributed by atoms with Crippen LogP contribution in [0.4, 0.5) is 13.2 Å². The average Bonchev–Trinajstić information content (AvgIpc) is 2.66. The first-order valence-corrected chi connectivity index (χ1v) is 5.55. The summed E-state index contributed by atoms with van der Waals surface area (Å²) in [6, 6.07) is 2.05. The molecule has 0 aliphatic rings. The van der Waals surface area contributed by atoms with Gasteiger partial charge < -0.3 is 5.11 Å². The van der Waals surface area contributed by atoms with E-state index in [9.17, 15) is 18.0 Å². The molecule has 0 fully saturated rings. The first-order chi connectivity index (χ1) is 8.73. The summed E-state index contributed by atoms with van der Waals surface area (Å²) < 4.78 is 39.6. The van der Waals surface area contributed by atoms with Gasteiger partial charge in [-0.05, 0) is 18.1 Å². The molecule has 0 saturated heterocycles. The zero-order valence-electron chi connectivity index (χ0n) is 10.2. The Morgan fingerprint density at radius 2 is 2.05 bits per heavy atom. The summed E-state index contributed by atoms with van der Waals surface area (Å²) in [7, 11) is 0. The van der Waals surface area contributed by atoms with Crippen LogP contribution in [0, 0.1) is 0 Å². The quantitative estimate of drug-likeness (QED) is 0.913. The molecule has 2 rings (SSSR count). The standard InChI is InChI=1S/C12H11F3N2O2/c1-6(2)8-9(11(18)19)17-5-3-4-7(10(17)16-8)12(13,14)15/h3-6H,1-2H3,(H,18,19). The molecule has 19 heavy (non-hydrogen) atoms. The molecule has 0 atom stereocenters. The molecule has 0 unspecified atom stereocenters. The Bertz CT molecular complexity index is 644. The minimum atomic E-state index is -4.57. The van der Waals surface area contributed by atoms with Crippen molar-refractivity contribution in [2.45, 2.75) is 25.9 Å². The van der Waals surface area contributed by atoms with Crippen LogP contribution in [-0.4, -0.2) is 20.5 Å². The number of nitrogens with zero attached hydrogens (tertiary/aromatic N) is 2. The van der Waals surface area contributed by atoms with E-state index in [4.69, 9.17) is 5.11 Å². The number of halogens is 3. The summed E-state index contributed by atoms with van der Waals surface area (Å²) in [4.78, 5) is 15.1. The molecule has 2 aromatic rings. The Kier molecular flexibility index (Phi) is 3.00. The van der Waals surface area contributed by atoms with Gasteiger partial charge >= 0.3 is 12.1 Å². The smallest absolute Gasteiger partial charge is 0.419 e. The van der Waals surface area contributed by atoms with Gasteiger partial charge in [0.2, 0.25) is 0 Å². The third kappa shape index (κ3) is 2.16. The minimum absolute atomic E-state index is 0.143. The number of fused-ring (bicyclic) bond motifs is 1. The number of carboxylic acid groups (broad SMARTS) is 1. The van der Waals surface area contributed by atoms with Gasteiger partial charge in [0.15, 0.2) is 5.69 Å². The number of carbonyl (C=O) groups is 1. The van der Waals surface area contributed by atoms with E-state index in [1.165, 1.54) is 6.20 Å². The zero-order chi connectivity index (χ0) is 14.4. The van der Waals surface area contributed by atoms with Crippen LogP contribution < -0.4 is 0 Å². The predicted molar refractivity (Wildman–Crippen MR) is 61.2 cm³/mol. The van der Waals surface area contributed by atoms with Crippen molar-refractivity contribution in [3.63, 3.8) is 0 Å². The van der Waals surface area contributed by atoms with E-state index >= 15 is 0 Å². The number of imidazole rings is 1. The minimum Gasteiger partial charge on any atom is -0.477 e. The molecule has 0 amide bonds. The lowest BCUT2D eigenvalue weighted by Crippen LogP contribution is -2.09. The highest BCUT2D eigenvalue weighted by atomic mass is 19.4. The van der Waals surface area contributed by atoms with Crippen molar-refractivity contribution < 1.29 is 23.1 Å². The number of rotatable bonds is 2. The molecule has 1 N–H and O–H groups in total. The average molecular weight is 272 g/mol. The fourth-order valence-corrected chi connectivity index (χ4v) is 1.92. The van der Waals surface area contributed by atoms with E-state index < -0.39 is 17.7 Å². The van der Waals surface area contributed by atoms with Crippen LogP contribution in [0.3, 0.4) is 0 Å². The molecule has 0 radical (unpaired) electrons. The van der Waals surface area contributed by atoms with E-state index in [0.29, 0.717) is 0 Å². The predicted octanol–water partition coefficient (Wildman–Crippen LogP) is 3.17. The molecule has 0 spiro atoms. The van der Waals surface area contributed by atoms with Crippen LogP contribution in [0.5, 0.6) is 0 Å². The van der Waals surface area contributed by atoms with Crippen molar-refractivity contribution in [1.82, 2.24) is 9.38 Å². The molecule has 0 aliphatic carbocycles. The van der Waals surface area contributed by atoms with Crippen LogP contribution in [0.1, 0.15) is 41.5 Å². The number of aromatic nitrogens is 2. The highest BCUT2D eigenvalue weighted by molar-refractivity contribution is 5.88. The Morgan fingerprint density at radius 1 is 1.42 bits per heavy atom. The van der Waals surface area contributed by atoms with Gasteiger partial charge in [-0.25, -0.2) is 9.78 Å². The van der Waals surface area contributed by atoms with Crippen molar-refractivity contribution in [3.05, 3.63) is 35.3 Å². The monoisotopic (exact) mass is 272 g/mol. The second-order valence-corrected chi connectivity index (χ2v) is 4.42. The highest BCUT2D eigenvalue weighted by Gasteiger charge is 2.35. The summed E-state index contributed by atoms with van der Waals surface area (Å²) in [6.07, 6.45) is -3.30. The lowest BCUT2D eigenvalue weighted by Gasteiger charge is -2.07. The Hall–Kier alpha value is -2.05. The molecule has 4 nitrogen and oxygen atoms in total. The molecule has 2 heterocycles. The topological polar surface area (TPSA) is 54.6 Å². The van der Waals surface area contributed by atoms with E-state index in [1.807, 2.05) is 0 Å². The molecule has 102 valence electrons. The molecular weight excluding hydrogens is 261 g/mol. The van der Waals surface area contributed by atoms with Crippen LogP contribution in [0.25, 0.3) is 5.65 Å². The van der Waals surface area contributed by atoms with Gasteiger partial charge in [0.1, 0.15) is 5.65 Å². The molecule has 7 heteroatoms. The lowest BCUT2D eigenvalue weighted by atomic mass is 10.1. The van der Waals surface area contributed by atoms with Crippen molar-refractivity contribution in [2.75, 3.05) is 0 Å². The van der Waals surface area contributed by atoms with E-state index in [2.05, 4.69) is 4.98 Å². The Balaban J connectivity index is 2.87. The first-order valence-electron chi connectivity index (χ1n) is 5.55. The summed E-state index contributed by atoms with van der Waals surface area (Å²) >= 11 is 0.